The van der Waals surface area contributed by atoms with Crippen LogP contribution in [0.2, 0.25) is 0 Å². The molecule has 0 radical (unpaired) electrons. The Labute approximate surface area is 111 Å². The minimum atomic E-state index is -0.961. The zero-order valence-corrected chi connectivity index (χ0v) is 10.7. The molecule has 0 atom stereocenters. The third-order valence-corrected chi connectivity index (χ3v) is 3.03. The highest BCUT2D eigenvalue weighted by molar-refractivity contribution is 5.87. The van der Waals surface area contributed by atoms with Crippen LogP contribution in [0.4, 0.5) is 4.79 Å². The molecule has 2 rings (SSSR count). The van der Waals surface area contributed by atoms with Crippen molar-refractivity contribution in [3.8, 4) is 5.75 Å². The van der Waals surface area contributed by atoms with Crippen LogP contribution in [0.3, 0.4) is 0 Å². The molecular weight excluding hydrogens is 248 g/mol. The summed E-state index contributed by atoms with van der Waals surface area (Å²) in [6.07, 6.45) is 0. The van der Waals surface area contributed by atoms with Gasteiger partial charge in [0.1, 0.15) is 12.4 Å². The maximum absolute atomic E-state index is 11.6. The van der Waals surface area contributed by atoms with Gasteiger partial charge in [-0.1, -0.05) is 0 Å². The number of rotatable bonds is 5. The van der Waals surface area contributed by atoms with Crippen molar-refractivity contribution in [1.82, 2.24) is 9.80 Å². The Morgan fingerprint density at radius 2 is 2.00 bits per heavy atom. The van der Waals surface area contributed by atoms with Crippen LogP contribution in [0.5, 0.6) is 5.75 Å². The quantitative estimate of drug-likeness (QED) is 0.865. The molecule has 1 aliphatic rings. The zero-order valence-electron chi connectivity index (χ0n) is 10.7. The van der Waals surface area contributed by atoms with Crippen LogP contribution in [0, 0.1) is 0 Å². The molecule has 0 unspecified atom stereocenters. The van der Waals surface area contributed by atoms with Crippen molar-refractivity contribution in [2.24, 2.45) is 0 Å². The van der Waals surface area contributed by atoms with E-state index in [0.717, 1.165) is 13.1 Å². The van der Waals surface area contributed by atoms with Gasteiger partial charge in [0, 0.05) is 20.1 Å². The largest absolute Gasteiger partial charge is 0.492 e. The molecule has 6 nitrogen and oxygen atoms in total. The SMILES string of the molecule is CN1CCN(CCOc2ccc(C(=O)O)cc2)C1=O. The molecule has 1 aromatic rings. The van der Waals surface area contributed by atoms with E-state index in [1.807, 2.05) is 0 Å². The highest BCUT2D eigenvalue weighted by atomic mass is 16.5. The Hall–Kier alpha value is -2.24. The van der Waals surface area contributed by atoms with E-state index in [1.165, 1.54) is 12.1 Å². The Bertz CT molecular complexity index is 472. The van der Waals surface area contributed by atoms with Gasteiger partial charge in [-0.25, -0.2) is 9.59 Å². The van der Waals surface area contributed by atoms with Crippen molar-refractivity contribution in [1.29, 1.82) is 0 Å². The molecule has 19 heavy (non-hydrogen) atoms. The summed E-state index contributed by atoms with van der Waals surface area (Å²) in [4.78, 5) is 25.7. The number of carbonyl (C=O) groups excluding carboxylic acids is 1. The molecule has 0 saturated carbocycles. The van der Waals surface area contributed by atoms with Crippen LogP contribution in [0.25, 0.3) is 0 Å². The summed E-state index contributed by atoms with van der Waals surface area (Å²) in [7, 11) is 1.77. The first-order chi connectivity index (χ1) is 9.08. The molecule has 1 saturated heterocycles. The molecule has 1 aliphatic heterocycles. The Kier molecular flexibility index (Phi) is 3.89. The molecule has 102 valence electrons. The summed E-state index contributed by atoms with van der Waals surface area (Å²) >= 11 is 0. The summed E-state index contributed by atoms with van der Waals surface area (Å²) in [5.41, 5.74) is 0.226. The van der Waals surface area contributed by atoms with Crippen LogP contribution in [-0.4, -0.2) is 60.2 Å². The Balaban J connectivity index is 1.80. The number of nitrogens with zero attached hydrogens (tertiary/aromatic N) is 2. The topological polar surface area (TPSA) is 70.1 Å². The van der Waals surface area contributed by atoms with E-state index in [-0.39, 0.29) is 11.6 Å². The fraction of sp³-hybridized carbons (Fsp3) is 0.385. The van der Waals surface area contributed by atoms with Gasteiger partial charge in [0.15, 0.2) is 0 Å². The van der Waals surface area contributed by atoms with Gasteiger partial charge in [-0.2, -0.15) is 0 Å². The van der Waals surface area contributed by atoms with Gasteiger partial charge in [0.25, 0.3) is 0 Å². The second kappa shape index (κ2) is 5.60. The van der Waals surface area contributed by atoms with Crippen LogP contribution < -0.4 is 4.74 Å². The molecule has 1 fully saturated rings. The van der Waals surface area contributed by atoms with Crippen LogP contribution in [0.1, 0.15) is 10.4 Å². The second-order valence-corrected chi connectivity index (χ2v) is 4.37. The van der Waals surface area contributed by atoms with Crippen LogP contribution >= 0.6 is 0 Å². The Morgan fingerprint density at radius 1 is 1.32 bits per heavy atom. The molecule has 2 amide bonds. The van der Waals surface area contributed by atoms with Crippen molar-refractivity contribution in [2.75, 3.05) is 33.3 Å². The third-order valence-electron chi connectivity index (χ3n) is 3.03. The normalized spacial score (nSPS) is 14.9. The summed E-state index contributed by atoms with van der Waals surface area (Å²) in [6, 6.07) is 6.23. The second-order valence-electron chi connectivity index (χ2n) is 4.37. The average Bonchev–Trinajstić information content (AvgIpc) is 2.71. The number of benzene rings is 1. The van der Waals surface area contributed by atoms with Gasteiger partial charge in [-0.15, -0.1) is 0 Å². The van der Waals surface area contributed by atoms with E-state index in [0.29, 0.717) is 18.9 Å². The van der Waals surface area contributed by atoms with Crippen molar-refractivity contribution >= 4 is 12.0 Å². The van der Waals surface area contributed by atoms with E-state index in [4.69, 9.17) is 9.84 Å². The number of likely N-dealkylation sites (N-methyl/N-ethyl adjacent to an activating group) is 1. The van der Waals surface area contributed by atoms with Gasteiger partial charge in [-0.3, -0.25) is 0 Å². The fourth-order valence-electron chi connectivity index (χ4n) is 1.88. The maximum Gasteiger partial charge on any atom is 0.335 e. The third kappa shape index (κ3) is 3.15. The van der Waals surface area contributed by atoms with Gasteiger partial charge in [-0.05, 0) is 24.3 Å². The maximum atomic E-state index is 11.6. The number of carboxylic acid groups (broad SMARTS) is 1. The van der Waals surface area contributed by atoms with Crippen molar-refractivity contribution in [3.63, 3.8) is 0 Å². The molecule has 0 bridgehead atoms. The number of carboxylic acids is 1. The molecule has 1 N–H and O–H groups in total. The minimum absolute atomic E-state index is 0.0184. The van der Waals surface area contributed by atoms with Crippen molar-refractivity contribution < 1.29 is 19.4 Å². The predicted molar refractivity (Wildman–Crippen MR) is 68.5 cm³/mol. The summed E-state index contributed by atoms with van der Waals surface area (Å²) in [6.45, 7) is 2.39. The highest BCUT2D eigenvalue weighted by Crippen LogP contribution is 2.12. The summed E-state index contributed by atoms with van der Waals surface area (Å²) < 4.78 is 5.48. The lowest BCUT2D eigenvalue weighted by Crippen LogP contribution is -2.32. The van der Waals surface area contributed by atoms with E-state index >= 15 is 0 Å². The number of hydrogen-bond acceptors (Lipinski definition) is 3. The van der Waals surface area contributed by atoms with Crippen molar-refractivity contribution in [3.05, 3.63) is 29.8 Å². The predicted octanol–water partition coefficient (Wildman–Crippen LogP) is 1.13. The first kappa shape index (κ1) is 13.2. The number of amides is 2. The van der Waals surface area contributed by atoms with Gasteiger partial charge < -0.3 is 19.6 Å². The van der Waals surface area contributed by atoms with Crippen LogP contribution in [-0.2, 0) is 0 Å². The number of urea groups is 1. The van der Waals surface area contributed by atoms with Crippen LogP contribution in [0.15, 0.2) is 24.3 Å². The summed E-state index contributed by atoms with van der Waals surface area (Å²) in [5.74, 6) is -0.359. The van der Waals surface area contributed by atoms with E-state index in [1.54, 1.807) is 29.0 Å². The molecule has 0 spiro atoms. The Morgan fingerprint density at radius 3 is 2.53 bits per heavy atom. The molecule has 0 aliphatic carbocycles. The molecule has 1 aromatic carbocycles. The lowest BCUT2D eigenvalue weighted by molar-refractivity contribution is 0.0697. The number of aromatic carboxylic acids is 1. The van der Waals surface area contributed by atoms with E-state index in [2.05, 4.69) is 0 Å². The highest BCUT2D eigenvalue weighted by Gasteiger charge is 2.24. The standard InChI is InChI=1S/C13H16N2O4/c1-14-6-7-15(13(14)18)8-9-19-11-4-2-10(3-5-11)12(16)17/h2-5H,6-9H2,1H3,(H,16,17). The first-order valence-corrected chi connectivity index (χ1v) is 6.04. The minimum Gasteiger partial charge on any atom is -0.492 e. The monoisotopic (exact) mass is 264 g/mol. The molecule has 1 heterocycles. The lowest BCUT2D eigenvalue weighted by Gasteiger charge is -2.16. The zero-order chi connectivity index (χ0) is 13.8. The molecule has 6 heteroatoms. The first-order valence-electron chi connectivity index (χ1n) is 6.04. The molecule has 0 aromatic heterocycles. The fourth-order valence-corrected chi connectivity index (χ4v) is 1.88. The number of ether oxygens (including phenoxy) is 1. The number of carbonyl (C=O) groups is 2. The average molecular weight is 264 g/mol. The van der Waals surface area contributed by atoms with E-state index in [9.17, 15) is 9.59 Å². The van der Waals surface area contributed by atoms with E-state index < -0.39 is 5.97 Å². The van der Waals surface area contributed by atoms with Gasteiger partial charge in [0.2, 0.25) is 0 Å². The number of hydrogen-bond donors (Lipinski definition) is 1. The molecular formula is C13H16N2O4. The lowest BCUT2D eigenvalue weighted by atomic mass is 10.2. The van der Waals surface area contributed by atoms with Gasteiger partial charge >= 0.3 is 12.0 Å². The smallest absolute Gasteiger partial charge is 0.335 e. The van der Waals surface area contributed by atoms with Crippen molar-refractivity contribution in [2.45, 2.75) is 0 Å². The van der Waals surface area contributed by atoms with Gasteiger partial charge in [0.05, 0.1) is 12.1 Å². The summed E-state index contributed by atoms with van der Waals surface area (Å²) in [5, 5.41) is 8.76.